The Labute approximate surface area is 665 Å². The van der Waals surface area contributed by atoms with Gasteiger partial charge < -0.3 is 19.7 Å². The van der Waals surface area contributed by atoms with Crippen molar-refractivity contribution in [2.75, 3.05) is 13.2 Å². The highest BCUT2D eigenvalue weighted by Crippen LogP contribution is 2.59. The highest BCUT2D eigenvalue weighted by molar-refractivity contribution is 6.17. The molecule has 2 N–H and O–H groups in total. The van der Waals surface area contributed by atoms with Crippen molar-refractivity contribution in [3.8, 4) is 67.5 Å². The van der Waals surface area contributed by atoms with Crippen LogP contribution < -0.4 is 9.47 Å². The third-order valence-corrected chi connectivity index (χ3v) is 27.9. The summed E-state index contributed by atoms with van der Waals surface area (Å²) >= 11 is 0. The number of fused-ring (bicyclic) bond motifs is 8. The van der Waals surface area contributed by atoms with Crippen LogP contribution in [0.4, 0.5) is 8.78 Å². The van der Waals surface area contributed by atoms with Crippen LogP contribution in [0.3, 0.4) is 0 Å². The fourth-order valence-corrected chi connectivity index (χ4v) is 21.4. The first-order valence-corrected chi connectivity index (χ1v) is 41.9. The molecule has 0 heterocycles. The van der Waals surface area contributed by atoms with Crippen LogP contribution in [0.25, 0.3) is 87.6 Å². The van der Waals surface area contributed by atoms with Gasteiger partial charge in [-0.25, -0.2) is 8.78 Å². The number of hydrogen-bond acceptors (Lipinski definition) is 4. The molecule has 0 atom stereocenters. The number of ether oxygens (including phenoxy) is 2. The predicted molar refractivity (Wildman–Crippen MR) is 468 cm³/mol. The molecular weight excluding hydrogens is 1360 g/mol. The number of hydrogen-bond donors (Lipinski definition) is 2. The van der Waals surface area contributed by atoms with Gasteiger partial charge in [0.05, 0.1) is 13.2 Å². The van der Waals surface area contributed by atoms with Crippen molar-refractivity contribution in [1.82, 2.24) is 0 Å². The number of halogens is 2. The monoisotopic (exact) mass is 1490 g/mol. The third-order valence-electron chi connectivity index (χ3n) is 27.9. The highest BCUT2D eigenvalue weighted by Gasteiger charge is 2.44. The van der Waals surface area contributed by atoms with Crippen molar-refractivity contribution in [2.45, 2.75) is 319 Å². The van der Waals surface area contributed by atoms with Crippen LogP contribution >= 0.6 is 0 Å². The van der Waals surface area contributed by atoms with Crippen molar-refractivity contribution in [2.24, 2.45) is 10.8 Å². The molecule has 588 valence electrons. The van der Waals surface area contributed by atoms with Crippen molar-refractivity contribution in [3.63, 3.8) is 0 Å². The first kappa shape index (κ1) is 79.9. The molecule has 0 radical (unpaired) electrons. The van der Waals surface area contributed by atoms with Crippen molar-refractivity contribution in [3.05, 3.63) is 188 Å². The number of benzene rings is 10. The van der Waals surface area contributed by atoms with Crippen LogP contribution in [0.2, 0.25) is 0 Å². The van der Waals surface area contributed by atoms with E-state index in [2.05, 4.69) is 265 Å². The average Bonchev–Trinajstić information content (AvgIpc) is 0.711. The SMILES string of the molecule is Cc1cc(F)cc(-c2cc(C(C)(C)CC(C)(C)C)cc(-c3c4cc5c(cc4cc4cc6c(cc34)C(C)(C)CCC6(C)C)C(C)(C)CCC5(C)C)c2O)c1OCCCOc1c(C)cc(F)cc1-c1cc(C(C)(C)CC(C)(C)C)cc(-c2c3cc4c(cc3cc3cc5c(cc23)C(C)(C)CCC5(C)C)C(C)(C)CCC4(C)C)c1O. The molecule has 14 rings (SSSR count). The molecule has 0 aliphatic heterocycles. The second-order valence-electron chi connectivity index (χ2n) is 44.4. The molecule has 10 aromatic rings. The van der Waals surface area contributed by atoms with Gasteiger partial charge in [0.25, 0.3) is 0 Å². The van der Waals surface area contributed by atoms with E-state index < -0.39 is 22.5 Å². The lowest BCUT2D eigenvalue weighted by atomic mass is 9.62. The molecular formula is C105H130F2O4. The Morgan fingerprint density at radius 3 is 0.784 bits per heavy atom. The number of phenolic OH excluding ortho intramolecular Hbond substituents is 2. The standard InChI is InChI=1S/C105H130F2O4/c1-60-40-68(106)52-76(74-48-66(104(25,26)58-94(3,4)5)50-78(90(74)108)88-70-54-84-80(96(9,10)30-34-100(84,17)18)44-62(70)42-63-45-81-85(55-71(63)88)101(19,20)35-31-97(81,11)12)92(60)110-38-29-39-111-93-61(2)41-69(107)53-77(93)75-49-67(105(27,28)59-95(6,7)8)51-79(91(75)109)89-72-56-86-82(98(13,14)32-36-102(86,21)22)46-64(72)43-65-47-83-87(57-73(65)89)103(23,24)37-33-99(83,15)16/h40-57,108-109H,29-39,58-59H2,1-28H3. The van der Waals surface area contributed by atoms with Gasteiger partial charge >= 0.3 is 0 Å². The van der Waals surface area contributed by atoms with Gasteiger partial charge in [0.15, 0.2) is 0 Å². The molecule has 0 bridgehead atoms. The predicted octanol–water partition coefficient (Wildman–Crippen LogP) is 29.9. The molecule has 0 aromatic heterocycles. The summed E-state index contributed by atoms with van der Waals surface area (Å²) in [6, 6.07) is 39.4. The minimum absolute atomic E-state index is 0.0323. The van der Waals surface area contributed by atoms with E-state index >= 15 is 8.78 Å². The summed E-state index contributed by atoms with van der Waals surface area (Å²) in [5, 5.41) is 36.6. The van der Waals surface area contributed by atoms with Crippen LogP contribution in [0.5, 0.6) is 23.0 Å². The number of rotatable bonds is 14. The number of phenols is 2. The van der Waals surface area contributed by atoms with Gasteiger partial charge in [0.2, 0.25) is 0 Å². The summed E-state index contributed by atoms with van der Waals surface area (Å²) in [5.74, 6) is 0.272. The molecule has 4 aliphatic rings. The minimum atomic E-state index is -0.425. The number of aromatic hydroxyl groups is 2. The van der Waals surface area contributed by atoms with E-state index in [9.17, 15) is 10.2 Å². The normalized spacial score (nSPS) is 18.7. The molecule has 0 saturated carbocycles. The molecule has 4 nitrogen and oxygen atoms in total. The summed E-state index contributed by atoms with van der Waals surface area (Å²) in [6.07, 6.45) is 10.7. The molecule has 10 aromatic carbocycles. The molecule has 111 heavy (non-hydrogen) atoms. The zero-order valence-electron chi connectivity index (χ0n) is 73.1. The Bertz CT molecular complexity index is 4960. The van der Waals surface area contributed by atoms with Crippen LogP contribution in [0.15, 0.2) is 109 Å². The van der Waals surface area contributed by atoms with Crippen LogP contribution in [-0.4, -0.2) is 23.4 Å². The molecule has 0 unspecified atom stereocenters. The van der Waals surface area contributed by atoms with E-state index in [4.69, 9.17) is 9.47 Å². The second-order valence-corrected chi connectivity index (χ2v) is 44.4. The van der Waals surface area contributed by atoms with Gasteiger partial charge in [-0.15, -0.1) is 0 Å². The fraction of sp³-hybridized carbons (Fsp3) is 0.505. The van der Waals surface area contributed by atoms with E-state index in [0.29, 0.717) is 51.3 Å². The van der Waals surface area contributed by atoms with E-state index in [1.165, 1.54) is 56.6 Å². The van der Waals surface area contributed by atoms with Crippen LogP contribution in [0, 0.1) is 36.3 Å². The molecule has 4 aliphatic carbocycles. The molecule has 0 saturated heterocycles. The Morgan fingerprint density at radius 1 is 0.306 bits per heavy atom. The second kappa shape index (κ2) is 26.4. The molecule has 0 amide bonds. The van der Waals surface area contributed by atoms with E-state index in [0.717, 1.165) is 141 Å². The van der Waals surface area contributed by atoms with Crippen LogP contribution in [0.1, 0.15) is 317 Å². The summed E-state index contributed by atoms with van der Waals surface area (Å²) in [6.45, 7) is 65.3. The molecule has 0 spiro atoms. The van der Waals surface area contributed by atoms with E-state index in [1.807, 2.05) is 13.8 Å². The van der Waals surface area contributed by atoms with E-state index in [1.54, 1.807) is 12.1 Å². The van der Waals surface area contributed by atoms with Crippen molar-refractivity contribution in [1.29, 1.82) is 0 Å². The van der Waals surface area contributed by atoms with Crippen LogP contribution in [-0.2, 0) is 54.1 Å². The topological polar surface area (TPSA) is 58.9 Å². The lowest BCUT2D eigenvalue weighted by Gasteiger charge is -2.43. The van der Waals surface area contributed by atoms with Gasteiger partial charge in [-0.3, -0.25) is 0 Å². The van der Waals surface area contributed by atoms with Gasteiger partial charge in [0.1, 0.15) is 34.6 Å². The number of aryl methyl sites for hydroxylation is 2. The molecule has 0 fully saturated rings. The van der Waals surface area contributed by atoms with Gasteiger partial charge in [0, 0.05) is 50.9 Å². The Kier molecular flexibility index (Phi) is 19.0. The molecule has 6 heteroatoms. The van der Waals surface area contributed by atoms with Gasteiger partial charge in [-0.05, 0) is 338 Å². The third kappa shape index (κ3) is 14.3. The Morgan fingerprint density at radius 2 is 0.541 bits per heavy atom. The van der Waals surface area contributed by atoms with Crippen molar-refractivity contribution < 1.29 is 28.5 Å². The first-order valence-electron chi connectivity index (χ1n) is 41.9. The lowest BCUT2D eigenvalue weighted by Crippen LogP contribution is -2.34. The van der Waals surface area contributed by atoms with Gasteiger partial charge in [-0.1, -0.05) is 204 Å². The van der Waals surface area contributed by atoms with E-state index in [-0.39, 0.29) is 78.9 Å². The minimum Gasteiger partial charge on any atom is -0.507 e. The summed E-state index contributed by atoms with van der Waals surface area (Å²) in [7, 11) is 0. The Hall–Kier alpha value is -7.70. The maximum absolute atomic E-state index is 16.8. The summed E-state index contributed by atoms with van der Waals surface area (Å²) < 4.78 is 47.6. The summed E-state index contributed by atoms with van der Waals surface area (Å²) in [4.78, 5) is 0. The largest absolute Gasteiger partial charge is 0.507 e. The summed E-state index contributed by atoms with van der Waals surface area (Å²) in [5.41, 5.74) is 18.2. The lowest BCUT2D eigenvalue weighted by molar-refractivity contribution is 0.246. The first-order chi connectivity index (χ1) is 51.1. The zero-order chi connectivity index (χ0) is 81.0. The average molecular weight is 1490 g/mol. The maximum Gasteiger partial charge on any atom is 0.131 e. The zero-order valence-corrected chi connectivity index (χ0v) is 73.1. The van der Waals surface area contributed by atoms with Crippen molar-refractivity contribution >= 4 is 43.1 Å². The smallest absolute Gasteiger partial charge is 0.131 e. The maximum atomic E-state index is 16.8. The quantitative estimate of drug-likeness (QED) is 0.0841. The highest BCUT2D eigenvalue weighted by atomic mass is 19.1. The Balaban J connectivity index is 0.898. The van der Waals surface area contributed by atoms with Gasteiger partial charge in [-0.2, -0.15) is 0 Å². The fourth-order valence-electron chi connectivity index (χ4n) is 21.4.